The lowest BCUT2D eigenvalue weighted by atomic mass is 10.1. The van der Waals surface area contributed by atoms with Gasteiger partial charge in [0.25, 0.3) is 0 Å². The summed E-state index contributed by atoms with van der Waals surface area (Å²) < 4.78 is 154. The molecule has 3 aromatic carbocycles. The monoisotopic (exact) mass is 606 g/mol. The number of benzene rings is 3. The van der Waals surface area contributed by atoms with Gasteiger partial charge in [0.1, 0.15) is 0 Å². The maximum atomic E-state index is 14.8. The first-order chi connectivity index (χ1) is 17.4. The molecule has 0 aromatic heterocycles. The smallest absolute Gasteiger partial charge is 0.202 e. The van der Waals surface area contributed by atoms with Crippen molar-refractivity contribution in [2.75, 3.05) is 0 Å². The highest BCUT2D eigenvalue weighted by molar-refractivity contribution is 8.33. The number of hydrogen-bond donors (Lipinski definition) is 0. The molecule has 0 amide bonds. The lowest BCUT2D eigenvalue weighted by Crippen LogP contribution is -2.63. The predicted molar refractivity (Wildman–Crippen MR) is 121 cm³/mol. The molecule has 0 N–H and O–H groups in total. The van der Waals surface area contributed by atoms with Gasteiger partial charge in [-0.25, -0.2) is 3.63 Å². The van der Waals surface area contributed by atoms with E-state index in [0.29, 0.717) is 5.56 Å². The molecule has 0 spiro atoms. The van der Waals surface area contributed by atoms with E-state index >= 15 is 0 Å². The maximum absolute atomic E-state index is 14.8. The Kier molecular flexibility index (Phi) is 6.86. The molecular weight excluding hydrogens is 591 g/mol. The molecule has 0 radical (unpaired) electrons. The second-order valence-corrected chi connectivity index (χ2v) is 13.6. The third-order valence-electron chi connectivity index (χ3n) is 5.51. The van der Waals surface area contributed by atoms with Crippen LogP contribution >= 0.6 is 22.1 Å². The Morgan fingerprint density at radius 3 is 1.58 bits per heavy atom. The summed E-state index contributed by atoms with van der Waals surface area (Å²) in [6, 6.07) is 16.7. The summed E-state index contributed by atoms with van der Waals surface area (Å²) in [5, 5.41) is -7.00. The molecule has 0 saturated heterocycles. The molecule has 4 rings (SSSR count). The Morgan fingerprint density at radius 2 is 1.13 bits per heavy atom. The molecule has 3 nitrogen and oxygen atoms in total. The Labute approximate surface area is 216 Å². The highest BCUT2D eigenvalue weighted by atomic mass is 32.3. The predicted octanol–water partition coefficient (Wildman–Crippen LogP) is 8.43. The van der Waals surface area contributed by atoms with Crippen LogP contribution in [0.5, 0.6) is 0 Å². The van der Waals surface area contributed by atoms with Crippen LogP contribution in [0.4, 0.5) is 39.5 Å². The summed E-state index contributed by atoms with van der Waals surface area (Å²) >= 11 is 1.07. The Bertz CT molecular complexity index is 1430. The number of fused-ring (bicyclic) bond motifs is 2. The lowest BCUT2D eigenvalue weighted by molar-refractivity contribution is -0.382. The fourth-order valence-corrected chi connectivity index (χ4v) is 10.7. The van der Waals surface area contributed by atoms with E-state index in [-0.39, 0.29) is 24.5 Å². The molecule has 0 saturated carbocycles. The molecule has 1 heterocycles. The van der Waals surface area contributed by atoms with Crippen LogP contribution in [0.3, 0.4) is 0 Å². The second kappa shape index (κ2) is 9.10. The number of hydrogen-bond acceptors (Lipinski definition) is 4. The van der Waals surface area contributed by atoms with E-state index in [4.69, 9.17) is 3.63 Å². The lowest BCUT2D eigenvalue weighted by Gasteiger charge is -2.44. The molecule has 206 valence electrons. The van der Waals surface area contributed by atoms with E-state index in [0.717, 1.165) is 11.8 Å². The fraction of sp³-hybridized carbons (Fsp3) is 0.217. The van der Waals surface area contributed by atoms with Crippen molar-refractivity contribution in [1.29, 1.82) is 0 Å². The zero-order chi connectivity index (χ0) is 28.4. The van der Waals surface area contributed by atoms with Crippen molar-refractivity contribution in [1.82, 2.24) is 0 Å². The molecule has 0 unspecified atom stereocenters. The van der Waals surface area contributed by atoms with Crippen molar-refractivity contribution < 1.29 is 51.6 Å². The minimum Gasteiger partial charge on any atom is -0.202 e. The van der Waals surface area contributed by atoms with Gasteiger partial charge in [0.05, 0.1) is 0 Å². The Balaban J connectivity index is 2.02. The molecule has 1 aliphatic rings. The largest absolute Gasteiger partial charge is 0.460 e. The third-order valence-corrected chi connectivity index (χ3v) is 12.2. The van der Waals surface area contributed by atoms with Gasteiger partial charge in [0.2, 0.25) is 0 Å². The van der Waals surface area contributed by atoms with Crippen LogP contribution in [0.25, 0.3) is 0 Å². The molecule has 15 heteroatoms. The summed E-state index contributed by atoms with van der Waals surface area (Å²) in [5.74, 6) is -14.8. The summed E-state index contributed by atoms with van der Waals surface area (Å²) in [7, 11) is -11.1. The standard InChI is InChI=1S/C23H15F9O3S3/c1-14-10-12-15(13-11-14)37(18-8-4-2-6-16(18)36-17-7-3-5-9-19(17)37)35-38(33,34)23(31,32)21(26,27)20(24,25)22(28,29)30/h2-13H,1H3. The highest BCUT2D eigenvalue weighted by Gasteiger charge is 2.86. The van der Waals surface area contributed by atoms with Gasteiger partial charge < -0.3 is 0 Å². The van der Waals surface area contributed by atoms with Gasteiger partial charge in [-0.2, -0.15) is 47.9 Å². The zero-order valence-electron chi connectivity index (χ0n) is 18.8. The van der Waals surface area contributed by atoms with E-state index in [1.54, 1.807) is 6.92 Å². The molecule has 3 aromatic rings. The molecule has 38 heavy (non-hydrogen) atoms. The van der Waals surface area contributed by atoms with E-state index in [1.807, 2.05) is 0 Å². The fourth-order valence-electron chi connectivity index (χ4n) is 3.57. The number of rotatable bonds is 6. The molecular formula is C23H15F9O3S3. The number of aryl methyl sites for hydroxylation is 1. The van der Waals surface area contributed by atoms with Crippen molar-refractivity contribution in [3.05, 3.63) is 78.4 Å². The molecule has 0 bridgehead atoms. The first-order valence-corrected chi connectivity index (χ1v) is 14.1. The van der Waals surface area contributed by atoms with E-state index in [9.17, 15) is 47.9 Å². The van der Waals surface area contributed by atoms with E-state index < -0.39 is 43.7 Å². The molecule has 0 aliphatic carbocycles. The molecule has 0 atom stereocenters. The van der Waals surface area contributed by atoms with Gasteiger partial charge in [-0.1, -0.05) is 53.7 Å². The topological polar surface area (TPSA) is 43.4 Å². The summed E-state index contributed by atoms with van der Waals surface area (Å²) in [6.07, 6.45) is -7.20. The van der Waals surface area contributed by atoms with E-state index in [1.165, 1.54) is 72.8 Å². The van der Waals surface area contributed by atoms with Gasteiger partial charge in [0, 0.05) is 24.5 Å². The van der Waals surface area contributed by atoms with Crippen molar-refractivity contribution in [3.8, 4) is 0 Å². The highest BCUT2D eigenvalue weighted by Crippen LogP contribution is 2.76. The van der Waals surface area contributed by atoms with Crippen molar-refractivity contribution in [2.45, 2.75) is 54.7 Å². The van der Waals surface area contributed by atoms with E-state index in [2.05, 4.69) is 0 Å². The average molecular weight is 607 g/mol. The second-order valence-electron chi connectivity index (χ2n) is 8.05. The summed E-state index contributed by atoms with van der Waals surface area (Å²) in [4.78, 5) is 0.324. The van der Waals surface area contributed by atoms with Crippen molar-refractivity contribution in [2.24, 2.45) is 0 Å². The van der Waals surface area contributed by atoms with Gasteiger partial charge in [-0.15, -0.1) is 0 Å². The van der Waals surface area contributed by atoms with Crippen LogP contribution < -0.4 is 0 Å². The first kappa shape index (κ1) is 28.6. The Morgan fingerprint density at radius 1 is 0.684 bits per heavy atom. The zero-order valence-corrected chi connectivity index (χ0v) is 21.2. The number of halogens is 9. The normalized spacial score (nSPS) is 16.9. The number of alkyl halides is 9. The van der Waals surface area contributed by atoms with Gasteiger partial charge in [0.15, 0.2) is 0 Å². The van der Waals surface area contributed by atoms with Gasteiger partial charge in [-0.3, -0.25) is 0 Å². The Hall–Kier alpha value is -2.36. The first-order valence-electron chi connectivity index (χ1n) is 10.3. The van der Waals surface area contributed by atoms with Crippen molar-refractivity contribution >= 4 is 32.2 Å². The van der Waals surface area contributed by atoms with Crippen LogP contribution in [0.15, 0.2) is 97.3 Å². The van der Waals surface area contributed by atoms with Crippen LogP contribution in [-0.2, 0) is 13.7 Å². The average Bonchev–Trinajstić information content (AvgIpc) is 2.83. The van der Waals surface area contributed by atoms with Gasteiger partial charge >= 0.3 is 33.4 Å². The molecule has 1 aliphatic heterocycles. The quantitative estimate of drug-likeness (QED) is 0.264. The third kappa shape index (κ3) is 4.09. The maximum Gasteiger partial charge on any atom is 0.460 e. The van der Waals surface area contributed by atoms with Crippen molar-refractivity contribution in [3.63, 3.8) is 0 Å². The van der Waals surface area contributed by atoms with Crippen LogP contribution in [-0.4, -0.2) is 31.7 Å². The summed E-state index contributed by atoms with van der Waals surface area (Å²) in [6.45, 7) is 1.63. The summed E-state index contributed by atoms with van der Waals surface area (Å²) in [5.41, 5.74) is 0.625. The minimum absolute atomic E-state index is 0.0576. The van der Waals surface area contributed by atoms with Crippen LogP contribution in [0, 0.1) is 6.92 Å². The SMILES string of the molecule is Cc1ccc(S2(OS(=O)(=O)C(F)(F)C(F)(F)C(F)(F)C(F)(F)F)c3ccccc3Sc3ccccc32)cc1. The minimum atomic E-state index is -7.42. The molecule has 0 fully saturated rings. The van der Waals surface area contributed by atoms with Crippen LogP contribution in [0.1, 0.15) is 5.56 Å². The van der Waals surface area contributed by atoms with Gasteiger partial charge in [-0.05, 0) is 53.6 Å². The van der Waals surface area contributed by atoms with Crippen LogP contribution in [0.2, 0.25) is 0 Å².